The van der Waals surface area contributed by atoms with E-state index in [-0.39, 0.29) is 11.9 Å². The van der Waals surface area contributed by atoms with E-state index >= 15 is 0 Å². The van der Waals surface area contributed by atoms with Gasteiger partial charge in [-0.3, -0.25) is 10.1 Å². The number of urea groups is 1. The topological polar surface area (TPSA) is 103 Å². The number of nitrogens with zero attached hydrogens (tertiary/aromatic N) is 4. The van der Waals surface area contributed by atoms with Gasteiger partial charge in [-0.05, 0) is 25.0 Å². The largest absolute Gasteiger partial charge is 0.356 e. The molecule has 0 aliphatic carbocycles. The number of anilines is 1. The van der Waals surface area contributed by atoms with Crippen molar-refractivity contribution in [2.45, 2.75) is 18.4 Å². The molecule has 1 aromatic carbocycles. The zero-order valence-electron chi connectivity index (χ0n) is 14.7. The van der Waals surface area contributed by atoms with Gasteiger partial charge in [-0.2, -0.15) is 0 Å². The van der Waals surface area contributed by atoms with E-state index in [0.29, 0.717) is 43.2 Å². The first kappa shape index (κ1) is 16.4. The van der Waals surface area contributed by atoms with E-state index in [9.17, 15) is 9.59 Å². The molecule has 3 amide bonds. The van der Waals surface area contributed by atoms with Gasteiger partial charge in [-0.15, -0.1) is 0 Å². The summed E-state index contributed by atoms with van der Waals surface area (Å²) in [6.07, 6.45) is 2.63. The van der Waals surface area contributed by atoms with Gasteiger partial charge in [0.2, 0.25) is 5.96 Å². The zero-order chi connectivity index (χ0) is 18.3. The third-order valence-corrected chi connectivity index (χ3v) is 4.88. The predicted octanol–water partition coefficient (Wildman–Crippen LogP) is 1.24. The number of hydrogen-bond acceptors (Lipinski definition) is 6. The van der Waals surface area contributed by atoms with Gasteiger partial charge < -0.3 is 19.6 Å². The Balaban J connectivity index is 1.41. The van der Waals surface area contributed by atoms with Crippen LogP contribution in [0.25, 0.3) is 11.0 Å². The van der Waals surface area contributed by atoms with Crippen molar-refractivity contribution in [3.8, 4) is 0 Å². The molecule has 0 radical (unpaired) electrons. The highest BCUT2D eigenvalue weighted by molar-refractivity contribution is 6.07. The number of amides is 3. The highest BCUT2D eigenvalue weighted by Gasteiger charge is 2.46. The summed E-state index contributed by atoms with van der Waals surface area (Å²) in [4.78, 5) is 32.9. The van der Waals surface area contributed by atoms with Crippen LogP contribution in [0.5, 0.6) is 0 Å². The number of guanidine groups is 1. The van der Waals surface area contributed by atoms with Crippen LogP contribution in [0.2, 0.25) is 0 Å². The zero-order valence-corrected chi connectivity index (χ0v) is 14.7. The minimum Gasteiger partial charge on any atom is -0.356 e. The maximum Gasteiger partial charge on any atom is 0.321 e. The Bertz CT molecular complexity index is 895. The van der Waals surface area contributed by atoms with Crippen molar-refractivity contribution in [3.63, 3.8) is 0 Å². The summed E-state index contributed by atoms with van der Waals surface area (Å²) < 4.78 is 5.11. The molecule has 4 rings (SSSR count). The summed E-state index contributed by atoms with van der Waals surface area (Å²) in [6, 6.07) is 5.19. The monoisotopic (exact) mass is 356 g/mol. The molecule has 1 spiro atoms. The predicted molar refractivity (Wildman–Crippen MR) is 95.8 cm³/mol. The van der Waals surface area contributed by atoms with E-state index in [1.165, 1.54) is 0 Å². The van der Waals surface area contributed by atoms with Crippen LogP contribution in [-0.2, 0) is 4.79 Å². The Morgan fingerprint density at radius 2 is 2.12 bits per heavy atom. The minimum atomic E-state index is -0.755. The molecule has 9 nitrogen and oxygen atoms in total. The van der Waals surface area contributed by atoms with Crippen LogP contribution in [0, 0.1) is 0 Å². The molecule has 1 fully saturated rings. The van der Waals surface area contributed by atoms with Gasteiger partial charge in [0, 0.05) is 44.3 Å². The number of carbonyl (C=O) groups is 2. The van der Waals surface area contributed by atoms with Crippen molar-refractivity contribution >= 4 is 34.6 Å². The van der Waals surface area contributed by atoms with Crippen LogP contribution in [0.4, 0.5) is 10.5 Å². The van der Waals surface area contributed by atoms with E-state index in [1.807, 2.05) is 20.2 Å². The molecule has 1 saturated heterocycles. The van der Waals surface area contributed by atoms with Gasteiger partial charge in [-0.1, -0.05) is 5.16 Å². The van der Waals surface area contributed by atoms with Gasteiger partial charge in [-0.25, -0.2) is 9.79 Å². The highest BCUT2D eigenvalue weighted by Crippen LogP contribution is 2.30. The van der Waals surface area contributed by atoms with Gasteiger partial charge >= 0.3 is 6.03 Å². The molecule has 2 aliphatic rings. The number of likely N-dealkylation sites (tertiary alicyclic amines) is 1. The molecule has 2 aromatic rings. The van der Waals surface area contributed by atoms with Crippen LogP contribution in [-0.4, -0.2) is 65.6 Å². The van der Waals surface area contributed by atoms with Gasteiger partial charge in [0.15, 0.2) is 5.58 Å². The average molecular weight is 356 g/mol. The molecule has 0 saturated carbocycles. The number of aliphatic imine (C=N–C) groups is 1. The Morgan fingerprint density at radius 3 is 2.81 bits per heavy atom. The Labute approximate surface area is 150 Å². The second kappa shape index (κ2) is 6.01. The van der Waals surface area contributed by atoms with Crippen LogP contribution >= 0.6 is 0 Å². The second-order valence-electron chi connectivity index (χ2n) is 6.81. The second-order valence-corrected chi connectivity index (χ2v) is 6.81. The first-order valence-electron chi connectivity index (χ1n) is 8.46. The van der Waals surface area contributed by atoms with Crippen LogP contribution in [0.15, 0.2) is 33.9 Å². The first-order chi connectivity index (χ1) is 12.5. The molecule has 9 heteroatoms. The lowest BCUT2D eigenvalue weighted by atomic mass is 9.88. The van der Waals surface area contributed by atoms with Crippen LogP contribution in [0.1, 0.15) is 12.8 Å². The van der Waals surface area contributed by atoms with Crippen molar-refractivity contribution in [1.29, 1.82) is 0 Å². The molecule has 0 atom stereocenters. The summed E-state index contributed by atoms with van der Waals surface area (Å²) in [7, 11) is 3.68. The SMILES string of the molecule is CN(C)C1=NC2(CCN(C(=O)Nc3ccc4cnoc4c3)CC2)C(=O)N1. The number of carbonyl (C=O) groups excluding carboxylic acids is 2. The molecule has 0 bridgehead atoms. The lowest BCUT2D eigenvalue weighted by Crippen LogP contribution is -2.51. The fourth-order valence-electron chi connectivity index (χ4n) is 3.27. The summed E-state index contributed by atoms with van der Waals surface area (Å²) in [5.74, 6) is 0.491. The summed E-state index contributed by atoms with van der Waals surface area (Å²) in [5.41, 5.74) is 0.509. The maximum atomic E-state index is 12.5. The number of benzene rings is 1. The number of fused-ring (bicyclic) bond motifs is 1. The smallest absolute Gasteiger partial charge is 0.321 e. The Morgan fingerprint density at radius 1 is 1.35 bits per heavy atom. The molecule has 1 aromatic heterocycles. The number of hydrogen-bond donors (Lipinski definition) is 2. The van der Waals surface area contributed by atoms with Gasteiger partial charge in [0.25, 0.3) is 5.91 Å². The van der Waals surface area contributed by atoms with E-state index < -0.39 is 5.54 Å². The molecule has 0 unspecified atom stereocenters. The Hall–Kier alpha value is -3.10. The lowest BCUT2D eigenvalue weighted by Gasteiger charge is -2.35. The van der Waals surface area contributed by atoms with E-state index in [2.05, 4.69) is 20.8 Å². The summed E-state index contributed by atoms with van der Waals surface area (Å²) in [6.45, 7) is 0.933. The summed E-state index contributed by atoms with van der Waals surface area (Å²) >= 11 is 0. The fourth-order valence-corrected chi connectivity index (χ4v) is 3.27. The number of nitrogens with one attached hydrogen (secondary N) is 2. The quantitative estimate of drug-likeness (QED) is 0.800. The van der Waals surface area contributed by atoms with Gasteiger partial charge in [0.1, 0.15) is 5.54 Å². The van der Waals surface area contributed by atoms with Crippen molar-refractivity contribution < 1.29 is 14.1 Å². The van der Waals surface area contributed by atoms with Crippen LogP contribution in [0.3, 0.4) is 0 Å². The normalized spacial score (nSPS) is 18.8. The fraction of sp³-hybridized carbons (Fsp3) is 0.412. The third-order valence-electron chi connectivity index (χ3n) is 4.88. The number of rotatable bonds is 1. The third kappa shape index (κ3) is 2.75. The molecule has 2 aliphatic heterocycles. The van der Waals surface area contributed by atoms with Gasteiger partial charge in [0.05, 0.1) is 6.20 Å². The first-order valence-corrected chi connectivity index (χ1v) is 8.46. The molecule has 26 heavy (non-hydrogen) atoms. The molecule has 3 heterocycles. The van der Waals surface area contributed by atoms with Crippen molar-refractivity contribution in [2.75, 3.05) is 32.5 Å². The maximum absolute atomic E-state index is 12.5. The average Bonchev–Trinajstić information content (AvgIpc) is 3.20. The number of aromatic nitrogens is 1. The summed E-state index contributed by atoms with van der Waals surface area (Å²) in [5, 5.41) is 10.3. The van der Waals surface area contributed by atoms with E-state index in [4.69, 9.17) is 4.52 Å². The van der Waals surface area contributed by atoms with E-state index in [0.717, 1.165) is 5.39 Å². The molecule has 2 N–H and O–H groups in total. The molecular formula is C17H20N6O3. The molecule has 136 valence electrons. The van der Waals surface area contributed by atoms with Crippen molar-refractivity contribution in [1.82, 2.24) is 20.3 Å². The standard InChI is InChI=1S/C17H20N6O3/c1-22(2)15-20-14(24)17(21-15)5-7-23(8-6-17)16(25)19-12-4-3-11-10-18-26-13(11)9-12/h3-4,9-10H,5-8H2,1-2H3,(H,19,25)(H,20,21,24). The van der Waals surface area contributed by atoms with E-state index in [1.54, 1.807) is 28.1 Å². The Kier molecular flexibility index (Phi) is 3.78. The van der Waals surface area contributed by atoms with Crippen LogP contribution < -0.4 is 10.6 Å². The molecular weight excluding hydrogens is 336 g/mol. The minimum absolute atomic E-state index is 0.0861. The highest BCUT2D eigenvalue weighted by atomic mass is 16.5. The lowest BCUT2D eigenvalue weighted by molar-refractivity contribution is -0.125. The van der Waals surface area contributed by atoms with Crippen molar-refractivity contribution in [2.24, 2.45) is 4.99 Å². The van der Waals surface area contributed by atoms with Crippen molar-refractivity contribution in [3.05, 3.63) is 24.4 Å². The number of piperidine rings is 1.